The molecule has 2 unspecified atom stereocenters. The number of nitrogens with zero attached hydrogens (tertiary/aromatic N) is 2. The monoisotopic (exact) mass is 283 g/mol. The van der Waals surface area contributed by atoms with Crippen LogP contribution in [-0.4, -0.2) is 23.2 Å². The van der Waals surface area contributed by atoms with Gasteiger partial charge in [0.05, 0.1) is 11.3 Å². The molecule has 4 nitrogen and oxygen atoms in total. The second-order valence-electron chi connectivity index (χ2n) is 6.37. The van der Waals surface area contributed by atoms with Gasteiger partial charge in [0.15, 0.2) is 5.82 Å². The summed E-state index contributed by atoms with van der Waals surface area (Å²) in [4.78, 5) is 4.79. The topological polar surface area (TPSA) is 51.0 Å². The van der Waals surface area contributed by atoms with Gasteiger partial charge in [-0.05, 0) is 36.9 Å². The molecule has 110 valence electrons. The zero-order valence-electron chi connectivity index (χ0n) is 12.4. The maximum absolute atomic E-state index is 5.68. The Kier molecular flexibility index (Phi) is 3.07. The van der Waals surface area contributed by atoms with Crippen LogP contribution in [0.1, 0.15) is 54.9 Å². The molecular formula is C17H21N3O. The van der Waals surface area contributed by atoms with E-state index in [1.807, 2.05) is 0 Å². The Morgan fingerprint density at radius 2 is 2.29 bits per heavy atom. The summed E-state index contributed by atoms with van der Waals surface area (Å²) in [6.45, 7) is 4.23. The van der Waals surface area contributed by atoms with Gasteiger partial charge >= 0.3 is 0 Å². The fourth-order valence-electron chi connectivity index (χ4n) is 3.81. The smallest absolute Gasteiger partial charge is 0.234 e. The second kappa shape index (κ2) is 4.95. The van der Waals surface area contributed by atoms with E-state index in [4.69, 9.17) is 9.51 Å². The molecule has 4 heteroatoms. The van der Waals surface area contributed by atoms with E-state index in [2.05, 4.69) is 41.7 Å². The van der Waals surface area contributed by atoms with E-state index in [9.17, 15) is 0 Å². The third-order valence-electron chi connectivity index (χ3n) is 5.03. The molecule has 1 aliphatic carbocycles. The van der Waals surface area contributed by atoms with Gasteiger partial charge in [-0.2, -0.15) is 4.98 Å². The third-order valence-corrected chi connectivity index (χ3v) is 5.03. The summed E-state index contributed by atoms with van der Waals surface area (Å²) in [5, 5.41) is 7.75. The highest BCUT2D eigenvalue weighted by atomic mass is 16.5. The second-order valence-corrected chi connectivity index (χ2v) is 6.37. The van der Waals surface area contributed by atoms with E-state index in [0.717, 1.165) is 50.5 Å². The van der Waals surface area contributed by atoms with Gasteiger partial charge in [0.1, 0.15) is 0 Å². The largest absolute Gasteiger partial charge is 0.339 e. The molecule has 1 aromatic heterocycles. The summed E-state index contributed by atoms with van der Waals surface area (Å²) in [6.07, 6.45) is 4.40. The minimum absolute atomic E-state index is 0.0588. The molecule has 0 spiro atoms. The lowest BCUT2D eigenvalue weighted by Gasteiger charge is -2.27. The predicted octanol–water partition coefficient (Wildman–Crippen LogP) is 2.79. The average Bonchev–Trinajstić information content (AvgIpc) is 3.11. The molecule has 1 fully saturated rings. The number of hydrogen-bond acceptors (Lipinski definition) is 4. The summed E-state index contributed by atoms with van der Waals surface area (Å²) < 4.78 is 5.68. The number of aromatic nitrogens is 2. The average molecular weight is 283 g/mol. The molecule has 1 N–H and O–H groups in total. The van der Waals surface area contributed by atoms with Gasteiger partial charge < -0.3 is 9.84 Å². The van der Waals surface area contributed by atoms with Crippen LogP contribution in [0.4, 0.5) is 0 Å². The zero-order chi connectivity index (χ0) is 14.3. The fraction of sp³-hybridized carbons (Fsp3) is 0.529. The van der Waals surface area contributed by atoms with Gasteiger partial charge in [-0.3, -0.25) is 0 Å². The van der Waals surface area contributed by atoms with Crippen LogP contribution in [0, 0.1) is 0 Å². The van der Waals surface area contributed by atoms with Crippen LogP contribution in [0.15, 0.2) is 28.8 Å². The Labute approximate surface area is 124 Å². The molecule has 0 saturated carbocycles. The lowest BCUT2D eigenvalue weighted by atomic mass is 9.77. The first-order valence-corrected chi connectivity index (χ1v) is 7.95. The molecule has 21 heavy (non-hydrogen) atoms. The lowest BCUT2D eigenvalue weighted by molar-refractivity contribution is 0.275. The van der Waals surface area contributed by atoms with Crippen molar-refractivity contribution < 1.29 is 4.52 Å². The van der Waals surface area contributed by atoms with E-state index in [1.165, 1.54) is 11.1 Å². The van der Waals surface area contributed by atoms with Crippen LogP contribution in [0.3, 0.4) is 0 Å². The zero-order valence-corrected chi connectivity index (χ0v) is 12.4. The van der Waals surface area contributed by atoms with Crippen LogP contribution in [0.25, 0.3) is 0 Å². The number of rotatable bonds is 4. The Morgan fingerprint density at radius 3 is 3.05 bits per heavy atom. The number of benzene rings is 1. The molecule has 2 aromatic rings. The first kappa shape index (κ1) is 13.0. The minimum atomic E-state index is 0.0588. The van der Waals surface area contributed by atoms with Crippen molar-refractivity contribution in [3.05, 3.63) is 47.1 Å². The summed E-state index contributed by atoms with van der Waals surface area (Å²) in [5.74, 6) is 2.03. The van der Waals surface area contributed by atoms with E-state index in [1.54, 1.807) is 0 Å². The first-order chi connectivity index (χ1) is 10.3. The SMILES string of the molecule is CCCC1(c2nc(C3Cc4ccccc43)no2)CCNC1. The predicted molar refractivity (Wildman–Crippen MR) is 80.4 cm³/mol. The van der Waals surface area contributed by atoms with Crippen molar-refractivity contribution in [2.45, 2.75) is 43.9 Å². The van der Waals surface area contributed by atoms with Crippen molar-refractivity contribution in [1.29, 1.82) is 0 Å². The summed E-state index contributed by atoms with van der Waals surface area (Å²) in [7, 11) is 0. The third kappa shape index (κ3) is 2.01. The normalized spacial score (nSPS) is 27.4. The molecule has 2 aliphatic rings. The Balaban J connectivity index is 1.62. The van der Waals surface area contributed by atoms with E-state index in [-0.39, 0.29) is 5.41 Å². The maximum Gasteiger partial charge on any atom is 0.234 e. The van der Waals surface area contributed by atoms with Gasteiger partial charge in [0, 0.05) is 6.54 Å². The maximum atomic E-state index is 5.68. The van der Waals surface area contributed by atoms with Crippen molar-refractivity contribution in [3.63, 3.8) is 0 Å². The van der Waals surface area contributed by atoms with Crippen molar-refractivity contribution in [2.75, 3.05) is 13.1 Å². The van der Waals surface area contributed by atoms with Crippen LogP contribution < -0.4 is 5.32 Å². The molecule has 0 radical (unpaired) electrons. The van der Waals surface area contributed by atoms with Crippen molar-refractivity contribution >= 4 is 0 Å². The quantitative estimate of drug-likeness (QED) is 0.937. The standard InChI is InChI=1S/C17H21N3O/c1-2-7-17(8-9-18-11-17)16-19-15(20-21-16)14-10-12-5-3-4-6-13(12)14/h3-6,14,18H,2,7-11H2,1H3. The molecule has 4 rings (SSSR count). The number of nitrogens with one attached hydrogen (secondary N) is 1. The highest BCUT2D eigenvalue weighted by molar-refractivity contribution is 5.43. The van der Waals surface area contributed by atoms with Gasteiger partial charge in [-0.15, -0.1) is 0 Å². The van der Waals surface area contributed by atoms with Gasteiger partial charge in [0.25, 0.3) is 0 Å². The van der Waals surface area contributed by atoms with E-state index in [0.29, 0.717) is 5.92 Å². The summed E-state index contributed by atoms with van der Waals surface area (Å²) >= 11 is 0. The van der Waals surface area contributed by atoms with Crippen LogP contribution in [0.2, 0.25) is 0 Å². The molecule has 2 atom stereocenters. The van der Waals surface area contributed by atoms with Crippen LogP contribution in [0.5, 0.6) is 0 Å². The van der Waals surface area contributed by atoms with E-state index < -0.39 is 0 Å². The van der Waals surface area contributed by atoms with Crippen LogP contribution >= 0.6 is 0 Å². The minimum Gasteiger partial charge on any atom is -0.339 e. The summed E-state index contributed by atoms with van der Waals surface area (Å²) in [5.41, 5.74) is 2.84. The van der Waals surface area contributed by atoms with Gasteiger partial charge in [0.2, 0.25) is 5.89 Å². The Morgan fingerprint density at radius 1 is 1.38 bits per heavy atom. The summed E-state index contributed by atoms with van der Waals surface area (Å²) in [6, 6.07) is 8.55. The van der Waals surface area contributed by atoms with Crippen molar-refractivity contribution in [1.82, 2.24) is 15.5 Å². The van der Waals surface area contributed by atoms with Crippen LogP contribution in [-0.2, 0) is 11.8 Å². The highest BCUT2D eigenvalue weighted by Crippen LogP contribution is 2.40. The molecule has 2 heterocycles. The molecule has 1 saturated heterocycles. The fourth-order valence-corrected chi connectivity index (χ4v) is 3.81. The molecule has 0 bridgehead atoms. The number of hydrogen-bond donors (Lipinski definition) is 1. The lowest BCUT2D eigenvalue weighted by Crippen LogP contribution is -2.29. The van der Waals surface area contributed by atoms with Gasteiger partial charge in [-0.25, -0.2) is 0 Å². The Hall–Kier alpha value is -1.68. The molecular weight excluding hydrogens is 262 g/mol. The Bertz CT molecular complexity index is 643. The first-order valence-electron chi connectivity index (χ1n) is 7.95. The highest BCUT2D eigenvalue weighted by Gasteiger charge is 2.41. The van der Waals surface area contributed by atoms with Gasteiger partial charge in [-0.1, -0.05) is 42.8 Å². The van der Waals surface area contributed by atoms with Crippen molar-refractivity contribution in [2.24, 2.45) is 0 Å². The molecule has 1 aromatic carbocycles. The van der Waals surface area contributed by atoms with Crippen molar-refractivity contribution in [3.8, 4) is 0 Å². The molecule has 1 aliphatic heterocycles. The number of fused-ring (bicyclic) bond motifs is 1. The van der Waals surface area contributed by atoms with E-state index >= 15 is 0 Å². The molecule has 0 amide bonds.